The van der Waals surface area contributed by atoms with Crippen molar-refractivity contribution in [1.29, 1.82) is 0 Å². The molecule has 1 aliphatic rings. The van der Waals surface area contributed by atoms with Gasteiger partial charge in [-0.3, -0.25) is 19.6 Å². The topological polar surface area (TPSA) is 96.5 Å². The first-order valence-electron chi connectivity index (χ1n) is 8.28. The average Bonchev–Trinajstić information content (AvgIpc) is 3.31. The van der Waals surface area contributed by atoms with Gasteiger partial charge in [-0.15, -0.1) is 0 Å². The van der Waals surface area contributed by atoms with Gasteiger partial charge in [0, 0.05) is 30.4 Å². The molecular weight excluding hydrogens is 346 g/mol. The summed E-state index contributed by atoms with van der Waals surface area (Å²) < 4.78 is 5.34. The number of nitrogens with zero attached hydrogens (tertiary/aromatic N) is 3. The SMILES string of the molecule is O=C1C(=O)N(Cc2ccco2)C(c2ccncc2)/C1=C(/O)c1ccncc1. The number of rotatable bonds is 4. The Morgan fingerprint density at radius 1 is 1.04 bits per heavy atom. The molecule has 4 rings (SSSR count). The van der Waals surface area contributed by atoms with E-state index in [4.69, 9.17) is 4.42 Å². The molecular formula is C20H15N3O4. The summed E-state index contributed by atoms with van der Waals surface area (Å²) in [5.41, 5.74) is 1.12. The number of pyridine rings is 2. The lowest BCUT2D eigenvalue weighted by atomic mass is 9.96. The quantitative estimate of drug-likeness (QED) is 0.436. The zero-order chi connectivity index (χ0) is 18.8. The fraction of sp³-hybridized carbons (Fsp3) is 0.100. The van der Waals surface area contributed by atoms with Crippen LogP contribution in [-0.4, -0.2) is 31.7 Å². The van der Waals surface area contributed by atoms with E-state index in [0.717, 1.165) is 0 Å². The van der Waals surface area contributed by atoms with Crippen LogP contribution in [0.15, 0.2) is 77.4 Å². The van der Waals surface area contributed by atoms with Crippen molar-refractivity contribution in [2.45, 2.75) is 12.6 Å². The lowest BCUT2D eigenvalue weighted by Gasteiger charge is -2.24. The Morgan fingerprint density at radius 2 is 1.70 bits per heavy atom. The molecule has 7 heteroatoms. The number of likely N-dealkylation sites (tertiary alicyclic amines) is 1. The van der Waals surface area contributed by atoms with E-state index in [2.05, 4.69) is 9.97 Å². The molecule has 3 aromatic rings. The van der Waals surface area contributed by atoms with Crippen LogP contribution < -0.4 is 0 Å². The van der Waals surface area contributed by atoms with Crippen molar-refractivity contribution in [3.8, 4) is 0 Å². The number of hydrogen-bond donors (Lipinski definition) is 1. The standard InChI is InChI=1S/C20H15N3O4/c24-18(14-5-9-22-10-6-14)16-17(13-3-7-21-8-4-13)23(20(26)19(16)25)12-15-2-1-11-27-15/h1-11,17,24H,12H2/b18-16-. The molecule has 134 valence electrons. The van der Waals surface area contributed by atoms with Crippen LogP contribution in [-0.2, 0) is 16.1 Å². The summed E-state index contributed by atoms with van der Waals surface area (Å²) in [6.07, 6.45) is 7.68. The Labute approximate surface area is 154 Å². The zero-order valence-corrected chi connectivity index (χ0v) is 14.1. The number of carbonyl (C=O) groups excluding carboxylic acids is 2. The Morgan fingerprint density at radius 3 is 2.33 bits per heavy atom. The lowest BCUT2D eigenvalue weighted by molar-refractivity contribution is -0.140. The van der Waals surface area contributed by atoms with Gasteiger partial charge in [0.15, 0.2) is 0 Å². The van der Waals surface area contributed by atoms with Crippen LogP contribution in [0.1, 0.15) is 22.9 Å². The predicted octanol–water partition coefficient (Wildman–Crippen LogP) is 2.69. The maximum absolute atomic E-state index is 12.8. The van der Waals surface area contributed by atoms with Crippen LogP contribution in [0.25, 0.3) is 5.76 Å². The van der Waals surface area contributed by atoms with E-state index in [0.29, 0.717) is 16.9 Å². The van der Waals surface area contributed by atoms with Crippen LogP contribution in [0.2, 0.25) is 0 Å². The summed E-state index contributed by atoms with van der Waals surface area (Å²) in [5.74, 6) is -1.12. The summed E-state index contributed by atoms with van der Waals surface area (Å²) in [6, 6.07) is 9.29. The molecule has 1 fully saturated rings. The third kappa shape index (κ3) is 2.99. The minimum absolute atomic E-state index is 0.0314. The molecule has 1 aliphatic heterocycles. The van der Waals surface area contributed by atoms with Gasteiger partial charge in [0.05, 0.1) is 24.4 Å². The van der Waals surface area contributed by atoms with Crippen molar-refractivity contribution in [1.82, 2.24) is 14.9 Å². The molecule has 27 heavy (non-hydrogen) atoms. The van der Waals surface area contributed by atoms with Gasteiger partial charge in [-0.25, -0.2) is 0 Å². The van der Waals surface area contributed by atoms with Gasteiger partial charge in [0.2, 0.25) is 0 Å². The van der Waals surface area contributed by atoms with Crippen LogP contribution in [0.4, 0.5) is 0 Å². The number of carbonyl (C=O) groups is 2. The Hall–Kier alpha value is -3.74. The molecule has 3 aromatic heterocycles. The third-order valence-electron chi connectivity index (χ3n) is 4.42. The normalized spacial score (nSPS) is 18.8. The predicted molar refractivity (Wildman–Crippen MR) is 95.0 cm³/mol. The number of aromatic nitrogens is 2. The average molecular weight is 361 g/mol. The van der Waals surface area contributed by atoms with E-state index in [1.54, 1.807) is 48.8 Å². The van der Waals surface area contributed by atoms with E-state index in [-0.39, 0.29) is 17.9 Å². The second-order valence-electron chi connectivity index (χ2n) is 6.02. The smallest absolute Gasteiger partial charge is 0.296 e. The first kappa shape index (κ1) is 16.7. The molecule has 4 heterocycles. The summed E-state index contributed by atoms with van der Waals surface area (Å²) >= 11 is 0. The van der Waals surface area contributed by atoms with Crippen molar-refractivity contribution in [3.63, 3.8) is 0 Å². The van der Waals surface area contributed by atoms with Crippen LogP contribution in [0.3, 0.4) is 0 Å². The van der Waals surface area contributed by atoms with E-state index < -0.39 is 17.7 Å². The molecule has 1 saturated heterocycles. The van der Waals surface area contributed by atoms with Gasteiger partial charge in [0.25, 0.3) is 11.7 Å². The van der Waals surface area contributed by atoms with Gasteiger partial charge in [-0.05, 0) is 42.0 Å². The van der Waals surface area contributed by atoms with E-state index in [9.17, 15) is 14.7 Å². The maximum atomic E-state index is 12.8. The number of furan rings is 1. The van der Waals surface area contributed by atoms with Gasteiger partial charge in [0.1, 0.15) is 11.5 Å². The molecule has 1 atom stereocenters. The maximum Gasteiger partial charge on any atom is 0.296 e. The van der Waals surface area contributed by atoms with Crippen LogP contribution in [0, 0.1) is 0 Å². The van der Waals surface area contributed by atoms with Gasteiger partial charge >= 0.3 is 0 Å². The highest BCUT2D eigenvalue weighted by atomic mass is 16.3. The van der Waals surface area contributed by atoms with Crippen molar-refractivity contribution in [2.24, 2.45) is 0 Å². The van der Waals surface area contributed by atoms with E-state index in [1.807, 2.05) is 0 Å². The fourth-order valence-electron chi connectivity index (χ4n) is 3.17. The van der Waals surface area contributed by atoms with Crippen LogP contribution >= 0.6 is 0 Å². The first-order valence-corrected chi connectivity index (χ1v) is 8.28. The molecule has 0 saturated carbocycles. The van der Waals surface area contributed by atoms with E-state index in [1.165, 1.54) is 23.6 Å². The van der Waals surface area contributed by atoms with E-state index >= 15 is 0 Å². The number of aliphatic hydroxyl groups is 1. The minimum Gasteiger partial charge on any atom is -0.507 e. The van der Waals surface area contributed by atoms with Crippen molar-refractivity contribution in [3.05, 3.63) is 89.9 Å². The monoisotopic (exact) mass is 361 g/mol. The van der Waals surface area contributed by atoms with Gasteiger partial charge < -0.3 is 14.4 Å². The number of amides is 1. The summed E-state index contributed by atoms with van der Waals surface area (Å²) in [6.45, 7) is 0.109. The van der Waals surface area contributed by atoms with Crippen LogP contribution in [0.5, 0.6) is 0 Å². The molecule has 0 bridgehead atoms. The number of ketones is 1. The Kier molecular flexibility index (Phi) is 4.25. The largest absolute Gasteiger partial charge is 0.507 e. The van der Waals surface area contributed by atoms with Crippen molar-refractivity contribution >= 4 is 17.4 Å². The Balaban J connectivity index is 1.86. The highest BCUT2D eigenvalue weighted by molar-refractivity contribution is 6.46. The second-order valence-corrected chi connectivity index (χ2v) is 6.02. The molecule has 0 aliphatic carbocycles. The highest BCUT2D eigenvalue weighted by Crippen LogP contribution is 2.39. The van der Waals surface area contributed by atoms with Crippen molar-refractivity contribution < 1.29 is 19.1 Å². The molecule has 7 nitrogen and oxygen atoms in total. The summed E-state index contributed by atoms with van der Waals surface area (Å²) in [4.78, 5) is 34.8. The molecule has 0 spiro atoms. The summed E-state index contributed by atoms with van der Waals surface area (Å²) in [7, 11) is 0. The Bertz CT molecular complexity index is 998. The van der Waals surface area contributed by atoms with Crippen molar-refractivity contribution in [2.75, 3.05) is 0 Å². The van der Waals surface area contributed by atoms with Gasteiger partial charge in [-0.1, -0.05) is 0 Å². The second kappa shape index (κ2) is 6.87. The molecule has 1 unspecified atom stereocenters. The third-order valence-corrected chi connectivity index (χ3v) is 4.42. The first-order chi connectivity index (χ1) is 13.2. The molecule has 1 amide bonds. The molecule has 0 aromatic carbocycles. The molecule has 0 radical (unpaired) electrons. The number of Topliss-reactive ketones (excluding diaryl/α,β-unsaturated/α-hetero) is 1. The number of hydrogen-bond acceptors (Lipinski definition) is 6. The lowest BCUT2D eigenvalue weighted by Crippen LogP contribution is -2.29. The van der Waals surface area contributed by atoms with Gasteiger partial charge in [-0.2, -0.15) is 0 Å². The zero-order valence-electron chi connectivity index (χ0n) is 14.1. The highest BCUT2D eigenvalue weighted by Gasteiger charge is 2.46. The fourth-order valence-corrected chi connectivity index (χ4v) is 3.17. The minimum atomic E-state index is -0.744. The summed E-state index contributed by atoms with van der Waals surface area (Å²) in [5, 5.41) is 10.8. The number of aliphatic hydroxyl groups excluding tert-OH is 1. The molecule has 1 N–H and O–H groups in total.